The highest BCUT2D eigenvalue weighted by molar-refractivity contribution is 7.89. The van der Waals surface area contributed by atoms with Crippen molar-refractivity contribution in [3.05, 3.63) is 24.3 Å². The van der Waals surface area contributed by atoms with Crippen LogP contribution in [0.4, 0.5) is 4.39 Å². The van der Waals surface area contributed by atoms with Crippen molar-refractivity contribution in [3.8, 4) is 0 Å². The van der Waals surface area contributed by atoms with Crippen molar-refractivity contribution < 1.29 is 12.8 Å². The first kappa shape index (κ1) is 13.1. The second-order valence-corrected chi connectivity index (χ2v) is 6.37. The molecule has 0 fully saturated rings. The van der Waals surface area contributed by atoms with Gasteiger partial charge in [-0.3, -0.25) is 0 Å². The maximum atomic E-state index is 13.3. The molecule has 0 aliphatic heterocycles. The Hall–Kier alpha value is -1.01. The maximum absolute atomic E-state index is 13.3. The number of halogens is 1. The first-order chi connectivity index (χ1) is 7.17. The summed E-state index contributed by atoms with van der Waals surface area (Å²) in [5, 5.41) is 0. The lowest BCUT2D eigenvalue weighted by Crippen LogP contribution is -2.42. The van der Waals surface area contributed by atoms with E-state index in [4.69, 9.17) is 0 Å². The molecule has 4 nitrogen and oxygen atoms in total. The quantitative estimate of drug-likeness (QED) is 0.745. The van der Waals surface area contributed by atoms with Crippen LogP contribution in [-0.2, 0) is 10.0 Å². The minimum Gasteiger partial charge on any atom is -0.227 e. The molecule has 0 amide bonds. The van der Waals surface area contributed by atoms with E-state index in [-0.39, 0.29) is 0 Å². The molecule has 0 saturated heterocycles. The smallest absolute Gasteiger partial charge is 0.227 e. The van der Waals surface area contributed by atoms with Gasteiger partial charge in [0, 0.05) is 18.8 Å². The SMILES string of the molecule is CN(C(C)(C)C)S(=O)(=O)c1cccnc1F. The molecule has 0 bridgehead atoms. The van der Waals surface area contributed by atoms with Crippen LogP contribution >= 0.6 is 0 Å². The van der Waals surface area contributed by atoms with E-state index in [1.165, 1.54) is 25.4 Å². The molecule has 16 heavy (non-hydrogen) atoms. The summed E-state index contributed by atoms with van der Waals surface area (Å²) in [6.45, 7) is 5.20. The van der Waals surface area contributed by atoms with Crippen molar-refractivity contribution >= 4 is 10.0 Å². The number of hydrogen-bond acceptors (Lipinski definition) is 3. The van der Waals surface area contributed by atoms with Gasteiger partial charge in [-0.15, -0.1) is 0 Å². The fourth-order valence-corrected chi connectivity index (χ4v) is 2.60. The number of sulfonamides is 1. The molecule has 90 valence electrons. The summed E-state index contributed by atoms with van der Waals surface area (Å²) in [7, 11) is -2.41. The Bertz CT molecular complexity index is 480. The Kier molecular flexibility index (Phi) is 3.35. The Balaban J connectivity index is 3.29. The first-order valence-electron chi connectivity index (χ1n) is 4.77. The van der Waals surface area contributed by atoms with E-state index < -0.39 is 26.4 Å². The Morgan fingerprint density at radius 1 is 1.38 bits per heavy atom. The average Bonchev–Trinajstić information content (AvgIpc) is 2.15. The minimum absolute atomic E-state index is 0.396. The fraction of sp³-hybridized carbons (Fsp3) is 0.500. The lowest BCUT2D eigenvalue weighted by atomic mass is 10.1. The van der Waals surface area contributed by atoms with E-state index in [2.05, 4.69) is 4.98 Å². The molecule has 0 aliphatic rings. The van der Waals surface area contributed by atoms with Crippen molar-refractivity contribution in [1.82, 2.24) is 9.29 Å². The second-order valence-electron chi connectivity index (χ2n) is 4.44. The van der Waals surface area contributed by atoms with E-state index in [9.17, 15) is 12.8 Å². The van der Waals surface area contributed by atoms with Crippen LogP contribution in [0.2, 0.25) is 0 Å². The molecule has 0 unspecified atom stereocenters. The molecule has 0 aromatic carbocycles. The molecule has 0 atom stereocenters. The van der Waals surface area contributed by atoms with Crippen molar-refractivity contribution in [3.63, 3.8) is 0 Å². The van der Waals surface area contributed by atoms with Crippen LogP contribution in [0.15, 0.2) is 23.2 Å². The van der Waals surface area contributed by atoms with Gasteiger partial charge in [0.2, 0.25) is 16.0 Å². The summed E-state index contributed by atoms with van der Waals surface area (Å²) in [6.07, 6.45) is 1.21. The second kappa shape index (κ2) is 4.10. The van der Waals surface area contributed by atoms with Gasteiger partial charge in [0.1, 0.15) is 4.90 Å². The summed E-state index contributed by atoms with van der Waals surface area (Å²) in [4.78, 5) is 2.94. The summed E-state index contributed by atoms with van der Waals surface area (Å²) in [5.41, 5.74) is -0.610. The minimum atomic E-state index is -3.83. The highest BCUT2D eigenvalue weighted by Gasteiger charge is 2.32. The molecule has 1 aromatic rings. The molecule has 0 aliphatic carbocycles. The van der Waals surface area contributed by atoms with Gasteiger partial charge < -0.3 is 0 Å². The number of rotatable bonds is 2. The zero-order valence-electron chi connectivity index (χ0n) is 9.73. The van der Waals surface area contributed by atoms with Crippen LogP contribution in [0.1, 0.15) is 20.8 Å². The van der Waals surface area contributed by atoms with E-state index >= 15 is 0 Å². The molecule has 6 heteroatoms. The highest BCUT2D eigenvalue weighted by atomic mass is 32.2. The normalized spacial score (nSPS) is 13.1. The topological polar surface area (TPSA) is 50.3 Å². The third-order valence-corrected chi connectivity index (χ3v) is 4.44. The molecule has 0 radical (unpaired) electrons. The van der Waals surface area contributed by atoms with Gasteiger partial charge in [-0.25, -0.2) is 13.4 Å². The zero-order chi connectivity index (χ0) is 12.6. The standard InChI is InChI=1S/C10H15FN2O2S/c1-10(2,3)13(4)16(14,15)8-6-5-7-12-9(8)11/h5-7H,1-4H3. The van der Waals surface area contributed by atoms with Crippen LogP contribution in [0.25, 0.3) is 0 Å². The lowest BCUT2D eigenvalue weighted by Gasteiger charge is -2.30. The summed E-state index contributed by atoms with van der Waals surface area (Å²) in [5.74, 6) is -0.974. The number of nitrogens with zero attached hydrogens (tertiary/aromatic N) is 2. The van der Waals surface area contributed by atoms with E-state index in [0.717, 1.165) is 4.31 Å². The van der Waals surface area contributed by atoms with E-state index in [1.807, 2.05) is 0 Å². The molecule has 1 rings (SSSR count). The molecular formula is C10H15FN2O2S. The first-order valence-corrected chi connectivity index (χ1v) is 6.21. The Morgan fingerprint density at radius 3 is 2.38 bits per heavy atom. The Morgan fingerprint density at radius 2 is 1.94 bits per heavy atom. The van der Waals surface area contributed by atoms with Gasteiger partial charge in [0.05, 0.1) is 0 Å². The zero-order valence-corrected chi connectivity index (χ0v) is 10.5. The lowest BCUT2D eigenvalue weighted by molar-refractivity contribution is 0.290. The van der Waals surface area contributed by atoms with Crippen molar-refractivity contribution in [2.45, 2.75) is 31.2 Å². The van der Waals surface area contributed by atoms with Gasteiger partial charge in [-0.1, -0.05) is 0 Å². The fourth-order valence-electron chi connectivity index (χ4n) is 1.07. The predicted molar refractivity (Wildman–Crippen MR) is 58.9 cm³/mol. The van der Waals surface area contributed by atoms with Gasteiger partial charge in [0.25, 0.3) is 0 Å². The maximum Gasteiger partial charge on any atom is 0.247 e. The molecule has 0 N–H and O–H groups in total. The number of pyridine rings is 1. The van der Waals surface area contributed by atoms with Crippen molar-refractivity contribution in [2.24, 2.45) is 0 Å². The molecular weight excluding hydrogens is 231 g/mol. The van der Waals surface area contributed by atoms with Gasteiger partial charge in [-0.05, 0) is 32.9 Å². The molecule has 0 saturated carbocycles. The van der Waals surface area contributed by atoms with Gasteiger partial charge in [0.15, 0.2) is 0 Å². The van der Waals surface area contributed by atoms with Gasteiger partial charge in [-0.2, -0.15) is 8.70 Å². The number of hydrogen-bond donors (Lipinski definition) is 0. The van der Waals surface area contributed by atoms with Crippen molar-refractivity contribution in [2.75, 3.05) is 7.05 Å². The third kappa shape index (κ3) is 2.38. The molecule has 1 heterocycles. The van der Waals surface area contributed by atoms with Crippen LogP contribution in [-0.4, -0.2) is 30.3 Å². The van der Waals surface area contributed by atoms with Gasteiger partial charge >= 0.3 is 0 Å². The predicted octanol–water partition coefficient (Wildman–Crippen LogP) is 1.64. The third-order valence-electron chi connectivity index (χ3n) is 2.31. The van der Waals surface area contributed by atoms with Crippen LogP contribution < -0.4 is 0 Å². The molecule has 1 aromatic heterocycles. The van der Waals surface area contributed by atoms with Crippen molar-refractivity contribution in [1.29, 1.82) is 0 Å². The largest absolute Gasteiger partial charge is 0.247 e. The monoisotopic (exact) mass is 246 g/mol. The van der Waals surface area contributed by atoms with E-state index in [0.29, 0.717) is 0 Å². The highest BCUT2D eigenvalue weighted by Crippen LogP contribution is 2.23. The Labute approximate surface area is 95.2 Å². The summed E-state index contributed by atoms with van der Waals surface area (Å²) < 4.78 is 38.5. The van der Waals surface area contributed by atoms with E-state index in [1.54, 1.807) is 20.8 Å². The van der Waals surface area contributed by atoms with Crippen LogP contribution in [0.3, 0.4) is 0 Å². The molecule has 0 spiro atoms. The van der Waals surface area contributed by atoms with Crippen LogP contribution in [0.5, 0.6) is 0 Å². The average molecular weight is 246 g/mol. The summed E-state index contributed by atoms with van der Waals surface area (Å²) in [6, 6.07) is 2.60. The van der Waals surface area contributed by atoms with Crippen LogP contribution in [0, 0.1) is 5.95 Å². The number of aromatic nitrogens is 1. The summed E-state index contributed by atoms with van der Waals surface area (Å²) >= 11 is 0.